The van der Waals surface area contributed by atoms with Gasteiger partial charge in [0.15, 0.2) is 0 Å². The fraction of sp³-hybridized carbons (Fsp3) is 0.579. The summed E-state index contributed by atoms with van der Waals surface area (Å²) < 4.78 is 0. The number of urea groups is 1. The molecule has 0 spiro atoms. The van der Waals surface area contributed by atoms with Gasteiger partial charge in [-0.05, 0) is 36.8 Å². The lowest BCUT2D eigenvalue weighted by atomic mass is 9.96. The fourth-order valence-corrected chi connectivity index (χ4v) is 3.32. The molecule has 0 radical (unpaired) electrons. The average molecular weight is 331 g/mol. The van der Waals surface area contributed by atoms with Gasteiger partial charge in [-0.1, -0.05) is 38.0 Å². The molecule has 0 bridgehead atoms. The number of hydrogen-bond donors (Lipinski definition) is 2. The van der Waals surface area contributed by atoms with Gasteiger partial charge in [0.2, 0.25) is 5.91 Å². The highest BCUT2D eigenvalue weighted by molar-refractivity contribution is 5.91. The SMILES string of the molecule is CCC[C@@H]1CCCN(C(=O)Nc2ccccc2CC(=O)NC)CC1. The second-order valence-electron chi connectivity index (χ2n) is 6.51. The highest BCUT2D eigenvalue weighted by Crippen LogP contribution is 2.23. The molecule has 1 saturated heterocycles. The molecule has 0 aliphatic carbocycles. The first-order chi connectivity index (χ1) is 11.6. The Morgan fingerprint density at radius 1 is 1.21 bits per heavy atom. The summed E-state index contributed by atoms with van der Waals surface area (Å²) in [7, 11) is 1.62. The number of carbonyl (C=O) groups is 2. The minimum absolute atomic E-state index is 0.0588. The van der Waals surface area contributed by atoms with Gasteiger partial charge in [-0.25, -0.2) is 4.79 Å². The van der Waals surface area contributed by atoms with E-state index in [1.165, 1.54) is 19.3 Å². The van der Waals surface area contributed by atoms with E-state index in [9.17, 15) is 9.59 Å². The van der Waals surface area contributed by atoms with Crippen LogP contribution < -0.4 is 10.6 Å². The van der Waals surface area contributed by atoms with Gasteiger partial charge in [-0.2, -0.15) is 0 Å². The van der Waals surface area contributed by atoms with Gasteiger partial charge in [-0.3, -0.25) is 4.79 Å². The minimum atomic E-state index is -0.0612. The van der Waals surface area contributed by atoms with E-state index >= 15 is 0 Å². The van der Waals surface area contributed by atoms with Gasteiger partial charge in [-0.15, -0.1) is 0 Å². The highest BCUT2D eigenvalue weighted by atomic mass is 16.2. The lowest BCUT2D eigenvalue weighted by Crippen LogP contribution is -2.36. The number of hydrogen-bond acceptors (Lipinski definition) is 2. The van der Waals surface area contributed by atoms with Crippen molar-refractivity contribution in [2.24, 2.45) is 5.92 Å². The van der Waals surface area contributed by atoms with Crippen LogP contribution in [0.25, 0.3) is 0 Å². The van der Waals surface area contributed by atoms with Crippen LogP contribution in [0.15, 0.2) is 24.3 Å². The topological polar surface area (TPSA) is 61.4 Å². The van der Waals surface area contributed by atoms with Crippen molar-refractivity contribution in [1.82, 2.24) is 10.2 Å². The molecule has 5 heteroatoms. The van der Waals surface area contributed by atoms with E-state index in [1.807, 2.05) is 29.2 Å². The monoisotopic (exact) mass is 331 g/mol. The van der Waals surface area contributed by atoms with Gasteiger partial charge in [0.05, 0.1) is 6.42 Å². The van der Waals surface area contributed by atoms with E-state index in [0.717, 1.165) is 43.1 Å². The third kappa shape index (κ3) is 5.25. The van der Waals surface area contributed by atoms with Crippen molar-refractivity contribution in [3.63, 3.8) is 0 Å². The van der Waals surface area contributed by atoms with Gasteiger partial charge in [0, 0.05) is 25.8 Å². The maximum Gasteiger partial charge on any atom is 0.321 e. The number of likely N-dealkylation sites (N-methyl/N-ethyl adjacent to an activating group) is 1. The van der Waals surface area contributed by atoms with Gasteiger partial charge in [0.1, 0.15) is 0 Å². The molecule has 3 amide bonds. The summed E-state index contributed by atoms with van der Waals surface area (Å²) in [5.74, 6) is 0.683. The maximum absolute atomic E-state index is 12.6. The molecule has 2 rings (SSSR count). The van der Waals surface area contributed by atoms with Crippen molar-refractivity contribution in [3.8, 4) is 0 Å². The zero-order valence-electron chi connectivity index (χ0n) is 14.8. The number of carbonyl (C=O) groups excluding carboxylic acids is 2. The average Bonchev–Trinajstić information content (AvgIpc) is 2.82. The highest BCUT2D eigenvalue weighted by Gasteiger charge is 2.21. The first-order valence-corrected chi connectivity index (χ1v) is 8.98. The second-order valence-corrected chi connectivity index (χ2v) is 6.51. The van der Waals surface area contributed by atoms with Crippen molar-refractivity contribution >= 4 is 17.6 Å². The van der Waals surface area contributed by atoms with E-state index in [0.29, 0.717) is 0 Å². The maximum atomic E-state index is 12.6. The summed E-state index contributed by atoms with van der Waals surface area (Å²) in [4.78, 5) is 26.1. The molecule has 1 aliphatic heterocycles. The molecule has 132 valence electrons. The van der Waals surface area contributed by atoms with Crippen molar-refractivity contribution < 1.29 is 9.59 Å². The number of likely N-dealkylation sites (tertiary alicyclic amines) is 1. The summed E-state index contributed by atoms with van der Waals surface area (Å²) in [6.45, 7) is 3.84. The number of para-hydroxylation sites is 1. The second kappa shape index (κ2) is 9.30. The van der Waals surface area contributed by atoms with E-state index in [1.54, 1.807) is 7.05 Å². The summed E-state index contributed by atoms with van der Waals surface area (Å²) in [6, 6.07) is 7.44. The first kappa shape index (κ1) is 18.3. The van der Waals surface area contributed by atoms with Crippen LogP contribution in [0.1, 0.15) is 44.6 Å². The van der Waals surface area contributed by atoms with Crippen LogP contribution in [0.2, 0.25) is 0 Å². The normalized spacial score (nSPS) is 17.9. The largest absolute Gasteiger partial charge is 0.359 e. The van der Waals surface area contributed by atoms with Crippen LogP contribution in [-0.4, -0.2) is 37.0 Å². The zero-order chi connectivity index (χ0) is 17.4. The Labute approximate surface area is 144 Å². The van der Waals surface area contributed by atoms with Crippen molar-refractivity contribution in [3.05, 3.63) is 29.8 Å². The van der Waals surface area contributed by atoms with Crippen LogP contribution in [0.4, 0.5) is 10.5 Å². The number of anilines is 1. The molecule has 24 heavy (non-hydrogen) atoms. The van der Waals surface area contributed by atoms with E-state index in [4.69, 9.17) is 0 Å². The molecule has 1 heterocycles. The molecule has 1 atom stereocenters. The molecule has 2 N–H and O–H groups in total. The molecule has 1 aliphatic rings. The first-order valence-electron chi connectivity index (χ1n) is 8.98. The number of benzene rings is 1. The molecule has 1 aromatic rings. The number of amides is 3. The molecule has 0 unspecified atom stereocenters. The third-order valence-electron chi connectivity index (χ3n) is 4.72. The standard InChI is InChI=1S/C19H29N3O2/c1-3-7-15-8-6-12-22(13-11-15)19(24)21-17-10-5-4-9-16(17)14-18(23)20-2/h4-5,9-10,15H,3,6-8,11-14H2,1-2H3,(H,20,23)(H,21,24)/t15-/m1/s1. The summed E-state index contributed by atoms with van der Waals surface area (Å²) in [5.41, 5.74) is 1.56. The van der Waals surface area contributed by atoms with Crippen molar-refractivity contribution in [1.29, 1.82) is 0 Å². The van der Waals surface area contributed by atoms with Crippen molar-refractivity contribution in [2.45, 2.75) is 45.4 Å². The zero-order valence-corrected chi connectivity index (χ0v) is 14.8. The van der Waals surface area contributed by atoms with Crippen LogP contribution in [0, 0.1) is 5.92 Å². The van der Waals surface area contributed by atoms with Crippen LogP contribution in [-0.2, 0) is 11.2 Å². The number of nitrogens with zero attached hydrogens (tertiary/aromatic N) is 1. The Morgan fingerprint density at radius 3 is 2.75 bits per heavy atom. The summed E-state index contributed by atoms with van der Waals surface area (Å²) >= 11 is 0. The van der Waals surface area contributed by atoms with E-state index in [2.05, 4.69) is 17.6 Å². The third-order valence-corrected chi connectivity index (χ3v) is 4.72. The fourth-order valence-electron chi connectivity index (χ4n) is 3.32. The molecule has 0 saturated carbocycles. The molecular formula is C19H29N3O2. The summed E-state index contributed by atoms with van der Waals surface area (Å²) in [5, 5.41) is 5.61. The van der Waals surface area contributed by atoms with E-state index in [-0.39, 0.29) is 18.4 Å². The van der Waals surface area contributed by atoms with Crippen LogP contribution in [0.3, 0.4) is 0 Å². The van der Waals surface area contributed by atoms with Crippen LogP contribution in [0.5, 0.6) is 0 Å². The lowest BCUT2D eigenvalue weighted by molar-refractivity contribution is -0.119. The lowest BCUT2D eigenvalue weighted by Gasteiger charge is -2.22. The molecular weight excluding hydrogens is 302 g/mol. The number of rotatable bonds is 5. The predicted molar refractivity (Wildman–Crippen MR) is 97.1 cm³/mol. The Bertz CT molecular complexity index is 559. The molecule has 1 aromatic carbocycles. The van der Waals surface area contributed by atoms with E-state index < -0.39 is 0 Å². The number of nitrogens with one attached hydrogen (secondary N) is 2. The van der Waals surface area contributed by atoms with Crippen LogP contribution >= 0.6 is 0 Å². The smallest absolute Gasteiger partial charge is 0.321 e. The molecule has 5 nitrogen and oxygen atoms in total. The quantitative estimate of drug-likeness (QED) is 0.868. The van der Waals surface area contributed by atoms with Crippen molar-refractivity contribution in [2.75, 3.05) is 25.5 Å². The Balaban J connectivity index is 1.98. The Hall–Kier alpha value is -2.04. The predicted octanol–water partition coefficient (Wildman–Crippen LogP) is 3.41. The molecule has 1 fully saturated rings. The minimum Gasteiger partial charge on any atom is -0.359 e. The Morgan fingerprint density at radius 2 is 2.00 bits per heavy atom. The van der Waals surface area contributed by atoms with Gasteiger partial charge in [0.25, 0.3) is 0 Å². The molecule has 0 aromatic heterocycles. The Kier molecular flexibility index (Phi) is 7.09. The van der Waals surface area contributed by atoms with Gasteiger partial charge >= 0.3 is 6.03 Å². The summed E-state index contributed by atoms with van der Waals surface area (Å²) in [6.07, 6.45) is 6.10. The van der Waals surface area contributed by atoms with Gasteiger partial charge < -0.3 is 15.5 Å².